The number of fused-ring (bicyclic) bond motifs is 1. The van der Waals surface area contributed by atoms with Gasteiger partial charge < -0.3 is 15.0 Å². The number of amides is 3. The molecule has 0 saturated heterocycles. The molecule has 0 bridgehead atoms. The molecule has 1 aliphatic heterocycles. The molecular formula is C32H26ClN3O5. The molecule has 0 saturated carbocycles. The number of halogens is 1. The number of ether oxygens (including phenoxy) is 1. The first-order valence-electron chi connectivity index (χ1n) is 12.9. The van der Waals surface area contributed by atoms with E-state index in [0.717, 1.165) is 4.90 Å². The Labute approximate surface area is 242 Å². The van der Waals surface area contributed by atoms with Gasteiger partial charge in [0, 0.05) is 17.3 Å². The van der Waals surface area contributed by atoms with Gasteiger partial charge in [-0.2, -0.15) is 0 Å². The van der Waals surface area contributed by atoms with Crippen molar-refractivity contribution in [2.45, 2.75) is 12.6 Å². The van der Waals surface area contributed by atoms with E-state index in [2.05, 4.69) is 5.32 Å². The average molecular weight is 568 g/mol. The highest BCUT2D eigenvalue weighted by Gasteiger charge is 2.39. The Kier molecular flexibility index (Phi) is 8.12. The number of hydrogen-bond donors (Lipinski definition) is 1. The van der Waals surface area contributed by atoms with E-state index in [4.69, 9.17) is 16.3 Å². The topological polar surface area (TPSA) is 96.0 Å². The average Bonchev–Trinajstić information content (AvgIpc) is 3.23. The van der Waals surface area contributed by atoms with E-state index in [-0.39, 0.29) is 12.1 Å². The number of nitrogens with zero attached hydrogens (tertiary/aromatic N) is 2. The third-order valence-corrected chi connectivity index (χ3v) is 7.19. The second kappa shape index (κ2) is 12.1. The summed E-state index contributed by atoms with van der Waals surface area (Å²) in [4.78, 5) is 56.1. The second-order valence-corrected chi connectivity index (χ2v) is 9.79. The van der Waals surface area contributed by atoms with Gasteiger partial charge in [-0.15, -0.1) is 0 Å². The van der Waals surface area contributed by atoms with E-state index < -0.39 is 36.1 Å². The van der Waals surface area contributed by atoms with Crippen molar-refractivity contribution in [1.82, 2.24) is 4.90 Å². The Morgan fingerprint density at radius 2 is 1.54 bits per heavy atom. The van der Waals surface area contributed by atoms with Crippen LogP contribution in [-0.4, -0.2) is 42.1 Å². The lowest BCUT2D eigenvalue weighted by Crippen LogP contribution is -2.46. The second-order valence-electron chi connectivity index (χ2n) is 9.38. The molecule has 1 aliphatic rings. The SMILES string of the molecule is COc1ccc(NC(=O)C(c2ccccc2)N(Cc2ccccc2Cl)C(=O)CN2C(=O)C(=O)c3ccccc32)cc1. The molecule has 0 aromatic heterocycles. The lowest BCUT2D eigenvalue weighted by atomic mass is 10.0. The van der Waals surface area contributed by atoms with E-state index in [9.17, 15) is 19.2 Å². The minimum atomic E-state index is -1.09. The van der Waals surface area contributed by atoms with Gasteiger partial charge in [-0.25, -0.2) is 0 Å². The Hall–Kier alpha value is -4.95. The third kappa shape index (κ3) is 5.83. The maximum absolute atomic E-state index is 14.1. The summed E-state index contributed by atoms with van der Waals surface area (Å²) < 4.78 is 5.21. The highest BCUT2D eigenvalue weighted by atomic mass is 35.5. The zero-order valence-corrected chi connectivity index (χ0v) is 22.9. The molecule has 0 aliphatic carbocycles. The zero-order chi connectivity index (χ0) is 28.9. The monoisotopic (exact) mass is 567 g/mol. The van der Waals surface area contributed by atoms with Crippen molar-refractivity contribution < 1.29 is 23.9 Å². The summed E-state index contributed by atoms with van der Waals surface area (Å²) in [7, 11) is 1.55. The van der Waals surface area contributed by atoms with Gasteiger partial charge in [0.05, 0.1) is 18.4 Å². The maximum atomic E-state index is 14.1. The quantitative estimate of drug-likeness (QED) is 0.277. The number of carbonyl (C=O) groups excluding carboxylic acids is 4. The minimum Gasteiger partial charge on any atom is -0.497 e. The molecule has 0 spiro atoms. The summed E-state index contributed by atoms with van der Waals surface area (Å²) in [6, 6.07) is 28.2. The van der Waals surface area contributed by atoms with Crippen molar-refractivity contribution >= 4 is 46.5 Å². The number of carbonyl (C=O) groups is 4. The number of ketones is 1. The van der Waals surface area contributed by atoms with Gasteiger partial charge >= 0.3 is 0 Å². The first kappa shape index (κ1) is 27.6. The summed E-state index contributed by atoms with van der Waals surface area (Å²) in [5.41, 5.74) is 2.27. The molecular weight excluding hydrogens is 542 g/mol. The van der Waals surface area contributed by atoms with Gasteiger partial charge in [0.15, 0.2) is 0 Å². The Bertz CT molecular complexity index is 1610. The molecule has 1 N–H and O–H groups in total. The van der Waals surface area contributed by atoms with Gasteiger partial charge in [0.1, 0.15) is 18.3 Å². The summed E-state index contributed by atoms with van der Waals surface area (Å²) in [6.45, 7) is -0.461. The summed E-state index contributed by atoms with van der Waals surface area (Å²) in [5.74, 6) is -1.85. The fourth-order valence-electron chi connectivity index (χ4n) is 4.76. The predicted molar refractivity (Wildman–Crippen MR) is 156 cm³/mol. The highest BCUT2D eigenvalue weighted by Crippen LogP contribution is 2.31. The number of anilines is 2. The van der Waals surface area contributed by atoms with Gasteiger partial charge in [0.25, 0.3) is 17.6 Å². The Morgan fingerprint density at radius 3 is 2.24 bits per heavy atom. The number of Topliss-reactive ketones (excluding diaryl/α,β-unsaturated/α-hetero) is 1. The van der Waals surface area contributed by atoms with Crippen molar-refractivity contribution in [2.24, 2.45) is 0 Å². The van der Waals surface area contributed by atoms with E-state index in [1.165, 1.54) is 4.90 Å². The lowest BCUT2D eigenvalue weighted by molar-refractivity contribution is -0.139. The van der Waals surface area contributed by atoms with Crippen LogP contribution in [0, 0.1) is 0 Å². The van der Waals surface area contributed by atoms with Crippen LogP contribution in [0.3, 0.4) is 0 Å². The predicted octanol–water partition coefficient (Wildman–Crippen LogP) is 5.29. The fraction of sp³-hybridized carbons (Fsp3) is 0.125. The van der Waals surface area contributed by atoms with Crippen molar-refractivity contribution in [1.29, 1.82) is 0 Å². The van der Waals surface area contributed by atoms with Crippen LogP contribution in [-0.2, 0) is 20.9 Å². The standard InChI is InChI=1S/C32H26ClN3O5/c1-41-24-17-15-23(16-18-24)34-31(39)29(21-9-3-2-4-10-21)36(19-22-11-5-7-13-26(22)33)28(37)20-35-27-14-8-6-12-25(27)30(38)32(35)40/h2-18,29H,19-20H2,1H3,(H,34,39). The number of methoxy groups -OCH3 is 1. The molecule has 1 atom stereocenters. The zero-order valence-electron chi connectivity index (χ0n) is 22.1. The normalized spacial score (nSPS) is 13.0. The number of para-hydroxylation sites is 1. The van der Waals surface area contributed by atoms with Gasteiger partial charge in [-0.3, -0.25) is 24.1 Å². The van der Waals surface area contributed by atoms with Gasteiger partial charge in [0.2, 0.25) is 5.91 Å². The summed E-state index contributed by atoms with van der Waals surface area (Å²) >= 11 is 6.48. The van der Waals surface area contributed by atoms with Crippen LogP contribution in [0.15, 0.2) is 103 Å². The van der Waals surface area contributed by atoms with Gasteiger partial charge in [-0.1, -0.05) is 72.3 Å². The number of hydrogen-bond acceptors (Lipinski definition) is 5. The molecule has 9 heteroatoms. The van der Waals surface area contributed by atoms with E-state index in [1.54, 1.807) is 104 Å². The molecule has 8 nitrogen and oxygen atoms in total. The molecule has 0 fully saturated rings. The van der Waals surface area contributed by atoms with Crippen molar-refractivity contribution in [2.75, 3.05) is 23.9 Å². The molecule has 4 aromatic rings. The smallest absolute Gasteiger partial charge is 0.299 e. The van der Waals surface area contributed by atoms with Crippen LogP contribution in [0.2, 0.25) is 5.02 Å². The van der Waals surface area contributed by atoms with Crippen LogP contribution in [0.25, 0.3) is 0 Å². The highest BCUT2D eigenvalue weighted by molar-refractivity contribution is 6.52. The van der Waals surface area contributed by atoms with Crippen LogP contribution in [0.4, 0.5) is 11.4 Å². The van der Waals surface area contributed by atoms with E-state index in [1.807, 2.05) is 6.07 Å². The first-order valence-corrected chi connectivity index (χ1v) is 13.2. The largest absolute Gasteiger partial charge is 0.497 e. The van der Waals surface area contributed by atoms with Crippen molar-refractivity contribution in [3.63, 3.8) is 0 Å². The molecule has 5 rings (SSSR count). The number of rotatable bonds is 9. The summed E-state index contributed by atoms with van der Waals surface area (Å²) in [6.07, 6.45) is 0. The van der Waals surface area contributed by atoms with Crippen LogP contribution >= 0.6 is 11.6 Å². The van der Waals surface area contributed by atoms with Crippen LogP contribution in [0.1, 0.15) is 27.5 Å². The van der Waals surface area contributed by atoms with Crippen LogP contribution in [0.5, 0.6) is 5.75 Å². The van der Waals surface area contributed by atoms with Crippen molar-refractivity contribution in [3.8, 4) is 5.75 Å². The van der Waals surface area contributed by atoms with Gasteiger partial charge in [-0.05, 0) is 53.6 Å². The number of benzene rings is 4. The Balaban J connectivity index is 1.53. The molecule has 41 heavy (non-hydrogen) atoms. The molecule has 3 amide bonds. The fourth-order valence-corrected chi connectivity index (χ4v) is 4.95. The maximum Gasteiger partial charge on any atom is 0.299 e. The van der Waals surface area contributed by atoms with Crippen molar-refractivity contribution in [3.05, 3.63) is 125 Å². The lowest BCUT2D eigenvalue weighted by Gasteiger charge is -2.33. The van der Waals surface area contributed by atoms with E-state index in [0.29, 0.717) is 33.3 Å². The third-order valence-electron chi connectivity index (χ3n) is 6.82. The number of nitrogens with one attached hydrogen (secondary N) is 1. The molecule has 1 unspecified atom stereocenters. The molecule has 0 radical (unpaired) electrons. The summed E-state index contributed by atoms with van der Waals surface area (Å²) in [5, 5.41) is 3.32. The molecule has 1 heterocycles. The van der Waals surface area contributed by atoms with Crippen LogP contribution < -0.4 is 15.0 Å². The Morgan fingerprint density at radius 1 is 0.878 bits per heavy atom. The first-order chi connectivity index (χ1) is 19.9. The van der Waals surface area contributed by atoms with E-state index >= 15 is 0 Å². The molecule has 4 aromatic carbocycles. The molecule has 206 valence electrons. The minimum absolute atomic E-state index is 0.0221.